The van der Waals surface area contributed by atoms with Gasteiger partial charge >= 0.3 is 6.18 Å². The van der Waals surface area contributed by atoms with E-state index in [0.29, 0.717) is 11.4 Å². The third kappa shape index (κ3) is 4.08. The first-order chi connectivity index (χ1) is 12.8. The van der Waals surface area contributed by atoms with Crippen molar-refractivity contribution in [2.45, 2.75) is 26.3 Å². The van der Waals surface area contributed by atoms with Crippen LogP contribution in [0, 0.1) is 12.7 Å². The van der Waals surface area contributed by atoms with E-state index in [9.17, 15) is 17.6 Å². The first-order valence-corrected chi connectivity index (χ1v) is 7.95. The van der Waals surface area contributed by atoms with Crippen molar-refractivity contribution < 1.29 is 32.1 Å². The van der Waals surface area contributed by atoms with Crippen molar-refractivity contribution in [3.05, 3.63) is 70.8 Å². The molecule has 2 N–H and O–H groups in total. The van der Waals surface area contributed by atoms with Crippen molar-refractivity contribution in [2.24, 2.45) is 0 Å². The normalized spacial score (nSPS) is 11.6. The van der Waals surface area contributed by atoms with Crippen LogP contribution < -0.4 is 9.42 Å². The lowest BCUT2D eigenvalue weighted by Gasteiger charge is -2.15. The van der Waals surface area contributed by atoms with Gasteiger partial charge in [0, 0.05) is 10.7 Å². The molecule has 142 valence electrons. The SMILES string of the molecule is Cc1ccc(C(F)(F)F)c(COc2ccc(-[n+]3cc(CO)n[nH]3)cc2)c1F. The fourth-order valence-corrected chi connectivity index (χ4v) is 2.54. The van der Waals surface area contributed by atoms with Gasteiger partial charge in [0.15, 0.2) is 11.9 Å². The van der Waals surface area contributed by atoms with Crippen LogP contribution in [0.1, 0.15) is 22.4 Å². The number of aryl methyl sites for hydroxylation is 1. The minimum absolute atomic E-state index is 0.118. The van der Waals surface area contributed by atoms with Crippen LogP contribution in [-0.4, -0.2) is 15.4 Å². The lowest BCUT2D eigenvalue weighted by atomic mass is 10.0. The first kappa shape index (κ1) is 18.8. The van der Waals surface area contributed by atoms with Gasteiger partial charge in [-0.3, -0.25) is 0 Å². The van der Waals surface area contributed by atoms with Gasteiger partial charge in [0.1, 0.15) is 24.8 Å². The third-order valence-corrected chi connectivity index (χ3v) is 3.98. The van der Waals surface area contributed by atoms with Gasteiger partial charge in [-0.15, -0.1) is 4.68 Å². The molecule has 1 heterocycles. The molecule has 3 aromatic rings. The van der Waals surface area contributed by atoms with Crippen LogP contribution in [-0.2, 0) is 19.4 Å². The number of aromatic nitrogens is 3. The third-order valence-electron chi connectivity index (χ3n) is 3.98. The molecule has 5 nitrogen and oxygen atoms in total. The van der Waals surface area contributed by atoms with E-state index >= 15 is 0 Å². The van der Waals surface area contributed by atoms with Crippen molar-refractivity contribution >= 4 is 0 Å². The molecule has 0 aliphatic rings. The van der Waals surface area contributed by atoms with E-state index in [1.807, 2.05) is 0 Å². The maximum Gasteiger partial charge on any atom is 0.416 e. The summed E-state index contributed by atoms with van der Waals surface area (Å²) in [7, 11) is 0. The van der Waals surface area contributed by atoms with Crippen LogP contribution in [0.15, 0.2) is 42.6 Å². The zero-order valence-corrected chi connectivity index (χ0v) is 14.2. The number of H-pyrrole nitrogens is 1. The second-order valence-corrected chi connectivity index (χ2v) is 5.86. The largest absolute Gasteiger partial charge is 0.489 e. The molecule has 0 atom stereocenters. The predicted octanol–water partition coefficient (Wildman–Crippen LogP) is 3.22. The maximum atomic E-state index is 14.2. The van der Waals surface area contributed by atoms with Crippen LogP contribution in [0.4, 0.5) is 17.6 Å². The highest BCUT2D eigenvalue weighted by Crippen LogP contribution is 2.34. The number of aliphatic hydroxyl groups excluding tert-OH is 1. The molecule has 0 spiro atoms. The van der Waals surface area contributed by atoms with Crippen molar-refractivity contribution in [2.75, 3.05) is 0 Å². The van der Waals surface area contributed by atoms with Crippen molar-refractivity contribution in [1.82, 2.24) is 10.3 Å². The van der Waals surface area contributed by atoms with Crippen LogP contribution in [0.3, 0.4) is 0 Å². The fraction of sp³-hybridized carbons (Fsp3) is 0.222. The Kier molecular flexibility index (Phi) is 5.13. The van der Waals surface area contributed by atoms with Gasteiger partial charge in [-0.05, 0) is 42.8 Å². The number of benzene rings is 2. The van der Waals surface area contributed by atoms with Gasteiger partial charge in [-0.25, -0.2) is 4.39 Å². The number of hydrogen-bond acceptors (Lipinski definition) is 3. The van der Waals surface area contributed by atoms with E-state index in [1.165, 1.54) is 6.92 Å². The zero-order valence-electron chi connectivity index (χ0n) is 14.2. The highest BCUT2D eigenvalue weighted by Gasteiger charge is 2.35. The topological polar surface area (TPSA) is 62.0 Å². The smallest absolute Gasteiger partial charge is 0.416 e. The first-order valence-electron chi connectivity index (χ1n) is 7.95. The van der Waals surface area contributed by atoms with Gasteiger partial charge in [0.25, 0.3) is 0 Å². The second kappa shape index (κ2) is 7.36. The van der Waals surface area contributed by atoms with Gasteiger partial charge in [0.2, 0.25) is 5.69 Å². The van der Waals surface area contributed by atoms with E-state index < -0.39 is 29.7 Å². The number of aromatic amines is 1. The maximum absolute atomic E-state index is 14.2. The van der Waals surface area contributed by atoms with Gasteiger partial charge in [-0.1, -0.05) is 11.3 Å². The van der Waals surface area contributed by atoms with Crippen LogP contribution >= 0.6 is 0 Å². The zero-order chi connectivity index (χ0) is 19.6. The number of aliphatic hydroxyl groups is 1. The van der Waals surface area contributed by atoms with Crippen molar-refractivity contribution in [3.63, 3.8) is 0 Å². The number of rotatable bonds is 5. The summed E-state index contributed by atoms with van der Waals surface area (Å²) in [6, 6.07) is 8.33. The Hall–Kier alpha value is -2.94. The number of hydrogen-bond donors (Lipinski definition) is 2. The Balaban J connectivity index is 1.78. The molecule has 0 radical (unpaired) electrons. The number of alkyl halides is 3. The van der Waals surface area contributed by atoms with Crippen molar-refractivity contribution in [1.29, 1.82) is 0 Å². The van der Waals surface area contributed by atoms with Crippen LogP contribution in [0.5, 0.6) is 5.75 Å². The Bertz CT molecular complexity index is 937. The summed E-state index contributed by atoms with van der Waals surface area (Å²) in [6.45, 7) is 0.637. The average molecular weight is 382 g/mol. The molecule has 0 saturated heterocycles. The summed E-state index contributed by atoms with van der Waals surface area (Å²) in [5, 5.41) is 15.6. The lowest BCUT2D eigenvalue weighted by Crippen LogP contribution is -2.31. The van der Waals surface area contributed by atoms with Gasteiger partial charge < -0.3 is 9.84 Å². The molecule has 0 aliphatic heterocycles. The monoisotopic (exact) mass is 382 g/mol. The van der Waals surface area contributed by atoms with Gasteiger partial charge in [-0.2, -0.15) is 13.2 Å². The average Bonchev–Trinajstić information content (AvgIpc) is 3.11. The molecule has 0 amide bonds. The van der Waals surface area contributed by atoms with E-state index in [1.54, 1.807) is 35.1 Å². The molecule has 0 aliphatic carbocycles. The summed E-state index contributed by atoms with van der Waals surface area (Å²) >= 11 is 0. The highest BCUT2D eigenvalue weighted by atomic mass is 19.4. The number of nitrogens with zero attached hydrogens (tertiary/aromatic N) is 2. The van der Waals surface area contributed by atoms with Crippen LogP contribution in [0.2, 0.25) is 0 Å². The van der Waals surface area contributed by atoms with Crippen molar-refractivity contribution in [3.8, 4) is 11.4 Å². The predicted molar refractivity (Wildman–Crippen MR) is 86.5 cm³/mol. The molecular formula is C18H16F4N3O2+. The Morgan fingerprint density at radius 1 is 1.15 bits per heavy atom. The molecule has 1 aromatic heterocycles. The molecule has 27 heavy (non-hydrogen) atoms. The Labute approximate surface area is 151 Å². The minimum atomic E-state index is -4.67. The standard InChI is InChI=1S/C18H15F4N3O2/c1-11-2-7-16(18(20,21)22)15(17(11)19)10-27-14-5-3-13(4-6-14)25-8-12(9-26)23-24-25/h2-8,26H,9-10H2,1H3/p+1. The van der Waals surface area contributed by atoms with E-state index in [0.717, 1.165) is 12.1 Å². The second-order valence-electron chi connectivity index (χ2n) is 5.86. The molecule has 2 aromatic carbocycles. The number of ether oxygens (including phenoxy) is 1. The molecular weight excluding hydrogens is 366 g/mol. The molecule has 0 bridgehead atoms. The Morgan fingerprint density at radius 3 is 2.44 bits per heavy atom. The summed E-state index contributed by atoms with van der Waals surface area (Å²) in [6.07, 6.45) is -3.08. The summed E-state index contributed by atoms with van der Waals surface area (Å²) in [5.74, 6) is -0.638. The molecule has 0 saturated carbocycles. The Morgan fingerprint density at radius 2 is 1.85 bits per heavy atom. The highest BCUT2D eigenvalue weighted by molar-refractivity contribution is 5.36. The molecule has 0 fully saturated rings. The van der Waals surface area contributed by atoms with Crippen LogP contribution in [0.25, 0.3) is 5.69 Å². The lowest BCUT2D eigenvalue weighted by molar-refractivity contribution is -0.659. The van der Waals surface area contributed by atoms with E-state index in [-0.39, 0.29) is 17.9 Å². The quantitative estimate of drug-likeness (QED) is 0.526. The van der Waals surface area contributed by atoms with Gasteiger partial charge in [0.05, 0.1) is 5.56 Å². The summed E-state index contributed by atoms with van der Waals surface area (Å²) in [5.41, 5.74) is -0.335. The minimum Gasteiger partial charge on any atom is -0.489 e. The fourth-order valence-electron chi connectivity index (χ4n) is 2.54. The molecule has 9 heteroatoms. The molecule has 0 unspecified atom stereocenters. The summed E-state index contributed by atoms with van der Waals surface area (Å²) < 4.78 is 60.4. The van der Waals surface area contributed by atoms with E-state index in [2.05, 4.69) is 10.3 Å². The molecule has 3 rings (SSSR count). The number of nitrogens with one attached hydrogen (secondary N) is 1. The van der Waals surface area contributed by atoms with E-state index in [4.69, 9.17) is 9.84 Å². The number of halogens is 4. The summed E-state index contributed by atoms with van der Waals surface area (Å²) in [4.78, 5) is 0.